The highest BCUT2D eigenvalue weighted by atomic mass is 15.1. The molecule has 4 aromatic rings. The summed E-state index contributed by atoms with van der Waals surface area (Å²) in [6, 6.07) is 20.4. The Morgan fingerprint density at radius 2 is 1.57 bits per heavy atom. The quantitative estimate of drug-likeness (QED) is 0.522. The van der Waals surface area contributed by atoms with Crippen LogP contribution in [0.3, 0.4) is 0 Å². The topological polar surface area (TPSA) is 38.7 Å². The number of hydrogen-bond donors (Lipinski definition) is 0. The van der Waals surface area contributed by atoms with Gasteiger partial charge in [-0.15, -0.1) is 10.2 Å². The third-order valence-corrected chi connectivity index (χ3v) is 3.72. The van der Waals surface area contributed by atoms with Crippen LogP contribution in [0, 0.1) is 6.92 Å². The van der Waals surface area contributed by atoms with Gasteiger partial charge < -0.3 is 0 Å². The second-order valence-corrected chi connectivity index (χ2v) is 5.10. The van der Waals surface area contributed by atoms with Crippen molar-refractivity contribution in [3.63, 3.8) is 0 Å². The first kappa shape index (κ1) is 12.0. The van der Waals surface area contributed by atoms with Crippen molar-refractivity contribution < 1.29 is 0 Å². The van der Waals surface area contributed by atoms with Crippen LogP contribution in [0.4, 0.5) is 0 Å². The van der Waals surface area contributed by atoms with E-state index in [0.717, 1.165) is 27.5 Å². The lowest BCUT2D eigenvalue weighted by Gasteiger charge is -2.06. The molecule has 0 fully saturated rings. The number of nitrogens with zero attached hydrogens (tertiary/aromatic N) is 3. The van der Waals surface area contributed by atoms with Gasteiger partial charge in [0.25, 0.3) is 0 Å². The molecular weight excluding hydrogens is 258 g/mol. The summed E-state index contributed by atoms with van der Waals surface area (Å²) < 4.78 is 0. The highest BCUT2D eigenvalue weighted by Crippen LogP contribution is 2.26. The van der Waals surface area contributed by atoms with E-state index in [2.05, 4.69) is 28.4 Å². The van der Waals surface area contributed by atoms with E-state index in [-0.39, 0.29) is 0 Å². The molecule has 1 aromatic heterocycles. The summed E-state index contributed by atoms with van der Waals surface area (Å²) in [5.41, 5.74) is 3.88. The maximum Gasteiger partial charge on any atom is 0.182 e. The van der Waals surface area contributed by atoms with Crippen LogP contribution < -0.4 is 0 Å². The number of aromatic nitrogens is 3. The third kappa shape index (κ3) is 1.94. The van der Waals surface area contributed by atoms with Crippen molar-refractivity contribution in [3.05, 3.63) is 66.2 Å². The van der Waals surface area contributed by atoms with Gasteiger partial charge in [0.1, 0.15) is 5.52 Å². The molecule has 0 N–H and O–H groups in total. The lowest BCUT2D eigenvalue weighted by Crippen LogP contribution is -1.96. The van der Waals surface area contributed by atoms with Crippen LogP contribution in [-0.2, 0) is 0 Å². The van der Waals surface area contributed by atoms with Crippen molar-refractivity contribution in [1.29, 1.82) is 0 Å². The van der Waals surface area contributed by atoms with Gasteiger partial charge in [-0.25, -0.2) is 4.98 Å². The Bertz CT molecular complexity index is 955. The average molecular weight is 271 g/mol. The SMILES string of the molecule is Cc1cccc2nnc(-c3cccc4ccccc34)nc12. The number of hydrogen-bond acceptors (Lipinski definition) is 3. The van der Waals surface area contributed by atoms with E-state index in [1.807, 2.05) is 49.4 Å². The van der Waals surface area contributed by atoms with Gasteiger partial charge in [0.2, 0.25) is 0 Å². The number of para-hydroxylation sites is 1. The van der Waals surface area contributed by atoms with E-state index in [1.54, 1.807) is 0 Å². The fraction of sp³-hybridized carbons (Fsp3) is 0.0556. The summed E-state index contributed by atoms with van der Waals surface area (Å²) in [4.78, 5) is 4.72. The zero-order valence-corrected chi connectivity index (χ0v) is 11.6. The smallest absolute Gasteiger partial charge is 0.182 e. The normalized spacial score (nSPS) is 11.1. The summed E-state index contributed by atoms with van der Waals surface area (Å²) in [6.07, 6.45) is 0. The van der Waals surface area contributed by atoms with E-state index in [4.69, 9.17) is 4.98 Å². The fourth-order valence-electron chi connectivity index (χ4n) is 2.63. The van der Waals surface area contributed by atoms with Crippen LogP contribution in [0.15, 0.2) is 60.7 Å². The van der Waals surface area contributed by atoms with Gasteiger partial charge in [0.15, 0.2) is 5.82 Å². The second-order valence-electron chi connectivity index (χ2n) is 5.10. The largest absolute Gasteiger partial charge is 0.224 e. The number of aryl methyl sites for hydroxylation is 1. The van der Waals surface area contributed by atoms with Crippen molar-refractivity contribution in [3.8, 4) is 11.4 Å². The summed E-state index contributed by atoms with van der Waals surface area (Å²) >= 11 is 0. The maximum atomic E-state index is 4.72. The van der Waals surface area contributed by atoms with Crippen molar-refractivity contribution >= 4 is 21.8 Å². The molecule has 0 radical (unpaired) electrons. The van der Waals surface area contributed by atoms with Gasteiger partial charge in [-0.3, -0.25) is 0 Å². The Kier molecular flexibility index (Phi) is 2.64. The molecule has 0 bridgehead atoms. The average Bonchev–Trinajstić information content (AvgIpc) is 2.54. The molecule has 4 rings (SSSR count). The monoisotopic (exact) mass is 271 g/mol. The highest BCUT2D eigenvalue weighted by Gasteiger charge is 2.09. The van der Waals surface area contributed by atoms with Crippen LogP contribution in [0.25, 0.3) is 33.2 Å². The molecule has 0 atom stereocenters. The third-order valence-electron chi connectivity index (χ3n) is 3.72. The minimum atomic E-state index is 0.675. The van der Waals surface area contributed by atoms with Crippen molar-refractivity contribution in [2.45, 2.75) is 6.92 Å². The molecule has 0 aliphatic rings. The van der Waals surface area contributed by atoms with Gasteiger partial charge in [-0.1, -0.05) is 54.6 Å². The Labute approximate surface area is 122 Å². The van der Waals surface area contributed by atoms with Crippen LogP contribution >= 0.6 is 0 Å². The molecule has 3 aromatic carbocycles. The van der Waals surface area contributed by atoms with E-state index < -0.39 is 0 Å². The number of rotatable bonds is 1. The predicted octanol–water partition coefficient (Wildman–Crippen LogP) is 4.15. The van der Waals surface area contributed by atoms with Crippen LogP contribution in [0.5, 0.6) is 0 Å². The van der Waals surface area contributed by atoms with E-state index in [0.29, 0.717) is 5.82 Å². The molecular formula is C18H13N3. The van der Waals surface area contributed by atoms with Crippen molar-refractivity contribution in [2.24, 2.45) is 0 Å². The molecule has 0 spiro atoms. The highest BCUT2D eigenvalue weighted by molar-refractivity contribution is 5.95. The number of benzene rings is 3. The molecule has 3 heteroatoms. The molecule has 0 saturated heterocycles. The van der Waals surface area contributed by atoms with Gasteiger partial charge in [0.05, 0.1) is 5.52 Å². The standard InChI is InChI=1S/C18H13N3/c1-12-6-4-11-16-17(12)19-18(21-20-16)15-10-5-8-13-7-2-3-9-14(13)15/h2-11H,1H3. The van der Waals surface area contributed by atoms with E-state index in [9.17, 15) is 0 Å². The Balaban J connectivity index is 2.02. The molecule has 0 aliphatic carbocycles. The van der Waals surface area contributed by atoms with Gasteiger partial charge >= 0.3 is 0 Å². The van der Waals surface area contributed by atoms with Gasteiger partial charge in [0, 0.05) is 5.56 Å². The zero-order chi connectivity index (χ0) is 14.2. The molecule has 0 aliphatic heterocycles. The lowest BCUT2D eigenvalue weighted by molar-refractivity contribution is 1.03. The summed E-state index contributed by atoms with van der Waals surface area (Å²) in [5, 5.41) is 11.0. The van der Waals surface area contributed by atoms with Gasteiger partial charge in [-0.05, 0) is 29.3 Å². The van der Waals surface area contributed by atoms with Crippen molar-refractivity contribution in [1.82, 2.24) is 15.2 Å². The van der Waals surface area contributed by atoms with E-state index >= 15 is 0 Å². The molecule has 3 nitrogen and oxygen atoms in total. The predicted molar refractivity (Wildman–Crippen MR) is 85.0 cm³/mol. The Hall–Kier alpha value is -2.81. The summed E-state index contributed by atoms with van der Waals surface area (Å²) in [7, 11) is 0. The fourth-order valence-corrected chi connectivity index (χ4v) is 2.63. The second kappa shape index (κ2) is 4.63. The molecule has 21 heavy (non-hydrogen) atoms. The number of fused-ring (bicyclic) bond motifs is 2. The van der Waals surface area contributed by atoms with E-state index in [1.165, 1.54) is 5.39 Å². The first-order valence-corrected chi connectivity index (χ1v) is 6.91. The first-order valence-electron chi connectivity index (χ1n) is 6.91. The molecule has 0 unspecified atom stereocenters. The summed E-state index contributed by atoms with van der Waals surface area (Å²) in [5.74, 6) is 0.675. The zero-order valence-electron chi connectivity index (χ0n) is 11.6. The molecule has 0 saturated carbocycles. The lowest BCUT2D eigenvalue weighted by atomic mass is 10.0. The minimum absolute atomic E-state index is 0.675. The van der Waals surface area contributed by atoms with Crippen LogP contribution in [0.1, 0.15) is 5.56 Å². The molecule has 0 amide bonds. The van der Waals surface area contributed by atoms with Crippen LogP contribution in [0.2, 0.25) is 0 Å². The minimum Gasteiger partial charge on any atom is -0.224 e. The maximum absolute atomic E-state index is 4.72. The Morgan fingerprint density at radius 1 is 0.762 bits per heavy atom. The van der Waals surface area contributed by atoms with Crippen LogP contribution in [-0.4, -0.2) is 15.2 Å². The van der Waals surface area contributed by atoms with Gasteiger partial charge in [-0.2, -0.15) is 0 Å². The summed E-state index contributed by atoms with van der Waals surface area (Å²) in [6.45, 7) is 2.05. The molecule has 1 heterocycles. The molecule has 100 valence electrons. The Morgan fingerprint density at radius 3 is 2.52 bits per heavy atom. The van der Waals surface area contributed by atoms with Crippen molar-refractivity contribution in [2.75, 3.05) is 0 Å². The first-order chi connectivity index (χ1) is 10.3.